The number of benzene rings is 5. The van der Waals surface area contributed by atoms with Crippen LogP contribution in [-0.2, 0) is 33.8 Å². The third-order valence-electron chi connectivity index (χ3n) is 11.9. The van der Waals surface area contributed by atoms with E-state index in [1.165, 1.54) is 4.57 Å². The molecule has 0 aliphatic carbocycles. The van der Waals surface area contributed by atoms with Crippen molar-refractivity contribution in [2.45, 2.75) is 117 Å². The van der Waals surface area contributed by atoms with Crippen LogP contribution in [0.4, 0.5) is 22.0 Å². The van der Waals surface area contributed by atoms with Crippen LogP contribution >= 0.6 is 0 Å². The van der Waals surface area contributed by atoms with E-state index >= 15 is 22.0 Å². The van der Waals surface area contributed by atoms with Gasteiger partial charge < -0.3 is 9.13 Å². The second-order valence-corrected chi connectivity index (χ2v) is 20.0. The predicted molar refractivity (Wildman–Crippen MR) is 223 cm³/mol. The van der Waals surface area contributed by atoms with Crippen LogP contribution in [-0.4, -0.2) is 9.13 Å². The highest BCUT2D eigenvalue weighted by molar-refractivity contribution is 6.13. The molecule has 57 heavy (non-hydrogen) atoms. The van der Waals surface area contributed by atoms with Crippen molar-refractivity contribution in [2.75, 3.05) is 0 Å². The minimum absolute atomic E-state index is 0.204. The smallest absolute Gasteiger partial charge is 0.307 e. The number of nitriles is 1. The van der Waals surface area contributed by atoms with E-state index < -0.39 is 39.9 Å². The molecule has 8 rings (SSSR count). The Morgan fingerprint density at radius 3 is 1.51 bits per heavy atom. The third-order valence-corrected chi connectivity index (χ3v) is 11.9. The van der Waals surface area contributed by atoms with Crippen molar-refractivity contribution in [3.8, 4) is 17.4 Å². The molecule has 1 aliphatic rings. The van der Waals surface area contributed by atoms with Gasteiger partial charge in [0.2, 0.25) is 0 Å². The fourth-order valence-corrected chi connectivity index (χ4v) is 8.77. The lowest BCUT2D eigenvalue weighted by Gasteiger charge is -2.35. The van der Waals surface area contributed by atoms with Gasteiger partial charge in [0.05, 0.1) is 50.1 Å². The Hall–Kier alpha value is -5.16. The molecule has 0 atom stereocenters. The van der Waals surface area contributed by atoms with Crippen molar-refractivity contribution in [3.05, 3.63) is 117 Å². The molecule has 0 N–H and O–H groups in total. The van der Waals surface area contributed by atoms with Gasteiger partial charge in [-0.1, -0.05) is 119 Å². The van der Waals surface area contributed by atoms with Crippen LogP contribution in [0.3, 0.4) is 0 Å². The summed E-state index contributed by atoms with van der Waals surface area (Å²) in [6, 6.07) is 23.5. The van der Waals surface area contributed by atoms with Gasteiger partial charge in [-0.2, -0.15) is 27.2 Å². The van der Waals surface area contributed by atoms with Gasteiger partial charge in [0.25, 0.3) is 0 Å². The van der Waals surface area contributed by atoms with E-state index in [1.807, 2.05) is 96.1 Å². The molecule has 0 bridgehead atoms. The van der Waals surface area contributed by atoms with Gasteiger partial charge in [-0.3, -0.25) is 0 Å². The van der Waals surface area contributed by atoms with Crippen molar-refractivity contribution in [3.63, 3.8) is 0 Å². The number of hydrogen-bond donors (Lipinski definition) is 0. The van der Waals surface area contributed by atoms with Gasteiger partial charge >= 0.3 is 12.1 Å². The zero-order valence-corrected chi connectivity index (χ0v) is 34.7. The van der Waals surface area contributed by atoms with Gasteiger partial charge in [0, 0.05) is 21.5 Å². The molecular formula is C49H48F5N3. The Labute approximate surface area is 330 Å². The summed E-state index contributed by atoms with van der Waals surface area (Å²) in [5, 5.41) is 13.9. The first-order valence-electron chi connectivity index (χ1n) is 19.5. The van der Waals surface area contributed by atoms with E-state index in [0.717, 1.165) is 16.7 Å². The van der Waals surface area contributed by atoms with Crippen molar-refractivity contribution < 1.29 is 22.0 Å². The monoisotopic (exact) mass is 773 g/mol. The first-order chi connectivity index (χ1) is 26.2. The zero-order valence-electron chi connectivity index (χ0n) is 34.7. The van der Waals surface area contributed by atoms with Gasteiger partial charge in [0.15, 0.2) is 0 Å². The van der Waals surface area contributed by atoms with Gasteiger partial charge in [-0.05, 0) is 80.3 Å². The first-order valence-corrected chi connectivity index (χ1v) is 19.5. The number of nitrogens with zero attached hydrogens (tertiary/aromatic N) is 3. The quantitative estimate of drug-likeness (QED) is 0.153. The summed E-state index contributed by atoms with van der Waals surface area (Å²) in [6.07, 6.45) is -5.11. The number of fused-ring (bicyclic) bond motifs is 8. The van der Waals surface area contributed by atoms with E-state index in [1.54, 1.807) is 16.7 Å². The molecule has 0 unspecified atom stereocenters. The molecule has 294 valence electrons. The predicted octanol–water partition coefficient (Wildman–Crippen LogP) is 14.4. The molecule has 1 aliphatic heterocycles. The molecule has 0 spiro atoms. The minimum atomic E-state index is -5.11. The van der Waals surface area contributed by atoms with E-state index in [4.69, 9.17) is 0 Å². The molecule has 3 heterocycles. The number of aromatic nitrogens is 2. The second kappa shape index (κ2) is 11.7. The van der Waals surface area contributed by atoms with Crippen molar-refractivity contribution in [1.82, 2.24) is 9.13 Å². The summed E-state index contributed by atoms with van der Waals surface area (Å²) in [6.45, 7) is 24.0. The average molecular weight is 774 g/mol. The standard InChI is InChI=1S/C49H48F5N3/c1-44(2,3)26-14-19-37-31(21-26)29-16-13-28(46(7,8)9)23-39(29)56(37)42-33(25-55)41-35(24-36(42)49(52,53)54)48(50,51)40-34(47(10,11)12)18-17-30-32-22-27(45(4,5)6)15-20-38(32)57(41)43(30)40/h13-24H,1-12H3. The number of halogens is 5. The fraction of sp³-hybridized carbons (Fsp3) is 0.367. The maximum Gasteiger partial charge on any atom is 0.418 e. The minimum Gasteiger partial charge on any atom is -0.307 e. The lowest BCUT2D eigenvalue weighted by atomic mass is 9.78. The number of alkyl halides is 5. The largest absolute Gasteiger partial charge is 0.418 e. The van der Waals surface area contributed by atoms with Crippen LogP contribution in [0.25, 0.3) is 55.0 Å². The molecule has 0 fully saturated rings. The van der Waals surface area contributed by atoms with E-state index in [2.05, 4.69) is 47.6 Å². The summed E-state index contributed by atoms with van der Waals surface area (Å²) >= 11 is 0. The molecule has 0 amide bonds. The molecular weight excluding hydrogens is 726 g/mol. The SMILES string of the molecule is CC(C)(C)c1ccc2c(c1)c1ccc(C(C)(C)C)cc1n2-c1c(C(F)(F)F)cc2c(c1C#N)-n1c3ccc(C(C)(C)C)cc3c3ccc(C(C)(C)C)c(c31)C2(F)F. The first kappa shape index (κ1) is 38.7. The van der Waals surface area contributed by atoms with Crippen LogP contribution in [0.1, 0.15) is 128 Å². The van der Waals surface area contributed by atoms with Crippen molar-refractivity contribution in [1.29, 1.82) is 5.26 Å². The Kier molecular flexibility index (Phi) is 7.95. The number of hydrogen-bond acceptors (Lipinski definition) is 1. The highest BCUT2D eigenvalue weighted by atomic mass is 19.4. The topological polar surface area (TPSA) is 33.6 Å². The molecule has 8 heteroatoms. The Morgan fingerprint density at radius 2 is 1.00 bits per heavy atom. The summed E-state index contributed by atoms with van der Waals surface area (Å²) in [4.78, 5) is 0. The summed E-state index contributed by atoms with van der Waals surface area (Å²) < 4.78 is 86.1. The second-order valence-electron chi connectivity index (χ2n) is 20.0. The van der Waals surface area contributed by atoms with E-state index in [9.17, 15) is 5.26 Å². The fourth-order valence-electron chi connectivity index (χ4n) is 8.77. The van der Waals surface area contributed by atoms with E-state index in [0.29, 0.717) is 49.7 Å². The van der Waals surface area contributed by atoms with E-state index in [-0.39, 0.29) is 33.0 Å². The zero-order chi connectivity index (χ0) is 41.7. The van der Waals surface area contributed by atoms with Crippen LogP contribution < -0.4 is 0 Å². The molecule has 0 radical (unpaired) electrons. The molecule has 2 aromatic heterocycles. The van der Waals surface area contributed by atoms with Gasteiger partial charge in [0.1, 0.15) is 11.6 Å². The van der Waals surface area contributed by atoms with Crippen LogP contribution in [0.2, 0.25) is 0 Å². The molecule has 3 nitrogen and oxygen atoms in total. The average Bonchev–Trinajstić information content (AvgIpc) is 3.59. The Morgan fingerprint density at radius 1 is 0.509 bits per heavy atom. The lowest BCUT2D eigenvalue weighted by Crippen LogP contribution is -2.30. The highest BCUT2D eigenvalue weighted by Crippen LogP contribution is 2.56. The van der Waals surface area contributed by atoms with Gasteiger partial charge in [-0.15, -0.1) is 0 Å². The maximum atomic E-state index is 17.7. The van der Waals surface area contributed by atoms with Crippen molar-refractivity contribution in [2.24, 2.45) is 0 Å². The van der Waals surface area contributed by atoms with Crippen LogP contribution in [0.15, 0.2) is 72.8 Å². The Balaban J connectivity index is 1.64. The summed E-state index contributed by atoms with van der Waals surface area (Å²) in [7, 11) is 0. The number of rotatable bonds is 1. The third kappa shape index (κ3) is 5.62. The lowest BCUT2D eigenvalue weighted by molar-refractivity contribution is -0.137. The summed E-state index contributed by atoms with van der Waals surface area (Å²) in [5.41, 5.74) is -0.531. The molecule has 5 aromatic carbocycles. The van der Waals surface area contributed by atoms with Crippen molar-refractivity contribution >= 4 is 43.6 Å². The molecule has 7 aromatic rings. The molecule has 0 saturated carbocycles. The highest BCUT2D eigenvalue weighted by Gasteiger charge is 2.50. The van der Waals surface area contributed by atoms with Crippen LogP contribution in [0, 0.1) is 11.3 Å². The van der Waals surface area contributed by atoms with Gasteiger partial charge in [-0.25, -0.2) is 0 Å². The molecule has 0 saturated heterocycles. The van der Waals surface area contributed by atoms with Crippen LogP contribution in [0.5, 0.6) is 0 Å². The Bertz CT molecular complexity index is 2900. The normalized spacial score (nSPS) is 14.9. The maximum absolute atomic E-state index is 17.7. The summed E-state index contributed by atoms with van der Waals surface area (Å²) in [5.74, 6) is -3.89.